The molecule has 0 aliphatic rings. The zero-order chi connectivity index (χ0) is 8.55. The Kier molecular flexibility index (Phi) is 3.33. The van der Waals surface area contributed by atoms with Gasteiger partial charge in [0.25, 0.3) is 0 Å². The van der Waals surface area contributed by atoms with Crippen LogP contribution in [0.15, 0.2) is 34.7 Å². The molecule has 0 spiro atoms. The zero-order valence-corrected chi connectivity index (χ0v) is 9.69. The van der Waals surface area contributed by atoms with Gasteiger partial charge in [-0.05, 0) is 19.1 Å². The van der Waals surface area contributed by atoms with Gasteiger partial charge in [-0.15, -0.1) is 24.0 Å². The molecule has 1 aromatic carbocycles. The molecule has 70 valence electrons. The van der Waals surface area contributed by atoms with Crippen LogP contribution >= 0.6 is 24.0 Å². The first-order chi connectivity index (χ1) is 5.77. The Morgan fingerprint density at radius 1 is 1.31 bits per heavy atom. The van der Waals surface area contributed by atoms with Crippen molar-refractivity contribution in [3.63, 3.8) is 0 Å². The van der Waals surface area contributed by atoms with Gasteiger partial charge in [-0.2, -0.15) is 0 Å². The SMILES string of the molecule is CC(N)c1cc2ccccc2o1.I. The van der Waals surface area contributed by atoms with Crippen LogP contribution in [0.4, 0.5) is 0 Å². The number of nitrogens with two attached hydrogens (primary N) is 1. The highest BCUT2D eigenvalue weighted by molar-refractivity contribution is 14.0. The summed E-state index contributed by atoms with van der Waals surface area (Å²) in [5, 5.41) is 1.12. The third-order valence-electron chi connectivity index (χ3n) is 1.89. The van der Waals surface area contributed by atoms with E-state index in [-0.39, 0.29) is 30.0 Å². The Labute approximate surface area is 94.1 Å². The van der Waals surface area contributed by atoms with Crippen molar-refractivity contribution in [3.8, 4) is 0 Å². The molecule has 0 saturated carbocycles. The topological polar surface area (TPSA) is 39.2 Å². The molecule has 2 rings (SSSR count). The van der Waals surface area contributed by atoms with E-state index in [2.05, 4.69) is 0 Å². The van der Waals surface area contributed by atoms with Crippen LogP contribution in [-0.2, 0) is 0 Å². The minimum Gasteiger partial charge on any atom is -0.459 e. The molecular formula is C10H12INO. The van der Waals surface area contributed by atoms with E-state index in [1.54, 1.807) is 0 Å². The van der Waals surface area contributed by atoms with Gasteiger partial charge in [-0.25, -0.2) is 0 Å². The summed E-state index contributed by atoms with van der Waals surface area (Å²) in [6.07, 6.45) is 0. The average molecular weight is 289 g/mol. The van der Waals surface area contributed by atoms with Crippen LogP contribution in [0, 0.1) is 0 Å². The quantitative estimate of drug-likeness (QED) is 0.819. The van der Waals surface area contributed by atoms with Crippen LogP contribution < -0.4 is 5.73 Å². The summed E-state index contributed by atoms with van der Waals surface area (Å²) in [7, 11) is 0. The van der Waals surface area contributed by atoms with Gasteiger partial charge in [0.1, 0.15) is 11.3 Å². The maximum absolute atomic E-state index is 5.68. The fourth-order valence-electron chi connectivity index (χ4n) is 1.23. The second kappa shape index (κ2) is 4.11. The highest BCUT2D eigenvalue weighted by Gasteiger charge is 2.05. The van der Waals surface area contributed by atoms with Crippen LogP contribution in [0.25, 0.3) is 11.0 Å². The number of rotatable bonds is 1. The minimum absolute atomic E-state index is 0. The van der Waals surface area contributed by atoms with Gasteiger partial charge >= 0.3 is 0 Å². The van der Waals surface area contributed by atoms with E-state index >= 15 is 0 Å². The first-order valence-electron chi connectivity index (χ1n) is 4.01. The van der Waals surface area contributed by atoms with E-state index in [9.17, 15) is 0 Å². The van der Waals surface area contributed by atoms with Gasteiger partial charge in [-0.1, -0.05) is 18.2 Å². The van der Waals surface area contributed by atoms with Gasteiger partial charge in [0.2, 0.25) is 0 Å². The van der Waals surface area contributed by atoms with Crippen LogP contribution in [0.3, 0.4) is 0 Å². The Hall–Kier alpha value is -0.550. The van der Waals surface area contributed by atoms with E-state index in [4.69, 9.17) is 10.2 Å². The van der Waals surface area contributed by atoms with Gasteiger partial charge in [0.15, 0.2) is 0 Å². The summed E-state index contributed by atoms with van der Waals surface area (Å²) < 4.78 is 5.50. The Morgan fingerprint density at radius 2 is 2.00 bits per heavy atom. The Morgan fingerprint density at radius 3 is 2.62 bits per heavy atom. The van der Waals surface area contributed by atoms with Crippen molar-refractivity contribution in [2.75, 3.05) is 0 Å². The van der Waals surface area contributed by atoms with Gasteiger partial charge in [0, 0.05) is 5.39 Å². The third-order valence-corrected chi connectivity index (χ3v) is 1.89. The first kappa shape index (κ1) is 10.5. The number of para-hydroxylation sites is 1. The third kappa shape index (κ3) is 2.03. The maximum Gasteiger partial charge on any atom is 0.134 e. The largest absolute Gasteiger partial charge is 0.459 e. The van der Waals surface area contributed by atoms with E-state index in [1.165, 1.54) is 0 Å². The lowest BCUT2D eigenvalue weighted by atomic mass is 10.2. The molecule has 2 aromatic rings. The molecule has 1 unspecified atom stereocenters. The second-order valence-corrected chi connectivity index (χ2v) is 2.98. The molecule has 1 aromatic heterocycles. The smallest absolute Gasteiger partial charge is 0.134 e. The highest BCUT2D eigenvalue weighted by Crippen LogP contribution is 2.21. The van der Waals surface area contributed by atoms with Crippen molar-refractivity contribution < 1.29 is 4.42 Å². The molecular weight excluding hydrogens is 277 g/mol. The average Bonchev–Trinajstić information content (AvgIpc) is 2.46. The molecule has 0 saturated heterocycles. The molecule has 1 heterocycles. The Bertz CT molecular complexity index is 361. The van der Waals surface area contributed by atoms with Crippen molar-refractivity contribution in [2.45, 2.75) is 13.0 Å². The predicted molar refractivity (Wildman–Crippen MR) is 64.2 cm³/mol. The molecule has 2 N–H and O–H groups in total. The van der Waals surface area contributed by atoms with Gasteiger partial charge < -0.3 is 10.2 Å². The summed E-state index contributed by atoms with van der Waals surface area (Å²) in [5.74, 6) is 0.844. The van der Waals surface area contributed by atoms with E-state index in [0.29, 0.717) is 0 Å². The summed E-state index contributed by atoms with van der Waals surface area (Å²) in [4.78, 5) is 0. The lowest BCUT2D eigenvalue weighted by Crippen LogP contribution is -2.02. The maximum atomic E-state index is 5.68. The van der Waals surface area contributed by atoms with E-state index in [0.717, 1.165) is 16.7 Å². The van der Waals surface area contributed by atoms with Crippen molar-refractivity contribution in [1.29, 1.82) is 0 Å². The second-order valence-electron chi connectivity index (χ2n) is 2.98. The number of benzene rings is 1. The van der Waals surface area contributed by atoms with Crippen LogP contribution in [0.1, 0.15) is 18.7 Å². The van der Waals surface area contributed by atoms with Gasteiger partial charge in [0.05, 0.1) is 6.04 Å². The Balaban J connectivity index is 0.000000845. The highest BCUT2D eigenvalue weighted by atomic mass is 127. The zero-order valence-electron chi connectivity index (χ0n) is 7.36. The number of fused-ring (bicyclic) bond motifs is 1. The summed E-state index contributed by atoms with van der Waals surface area (Å²) in [6.45, 7) is 1.91. The molecule has 3 heteroatoms. The predicted octanol–water partition coefficient (Wildman–Crippen LogP) is 3.07. The molecule has 0 aliphatic heterocycles. The lowest BCUT2D eigenvalue weighted by Gasteiger charge is -1.96. The normalized spacial score (nSPS) is 12.5. The van der Waals surface area contributed by atoms with Crippen molar-refractivity contribution >= 4 is 34.9 Å². The van der Waals surface area contributed by atoms with Crippen molar-refractivity contribution in [2.24, 2.45) is 5.73 Å². The molecule has 0 amide bonds. The van der Waals surface area contributed by atoms with Crippen LogP contribution in [-0.4, -0.2) is 0 Å². The van der Waals surface area contributed by atoms with E-state index in [1.807, 2.05) is 37.3 Å². The molecule has 0 fully saturated rings. The molecule has 0 bridgehead atoms. The number of halogens is 1. The first-order valence-corrected chi connectivity index (χ1v) is 4.01. The summed E-state index contributed by atoms with van der Waals surface area (Å²) in [6, 6.07) is 9.86. The van der Waals surface area contributed by atoms with Crippen LogP contribution in [0.5, 0.6) is 0 Å². The van der Waals surface area contributed by atoms with Crippen molar-refractivity contribution in [1.82, 2.24) is 0 Å². The molecule has 0 radical (unpaired) electrons. The number of hydrogen-bond acceptors (Lipinski definition) is 2. The van der Waals surface area contributed by atoms with Crippen LogP contribution in [0.2, 0.25) is 0 Å². The number of hydrogen-bond donors (Lipinski definition) is 1. The molecule has 0 aliphatic carbocycles. The fraction of sp³-hybridized carbons (Fsp3) is 0.200. The minimum atomic E-state index is -0.0302. The fourth-order valence-corrected chi connectivity index (χ4v) is 1.23. The standard InChI is InChI=1S/C10H11NO.HI/c1-7(11)10-6-8-4-2-3-5-9(8)12-10;/h2-7H,11H2,1H3;1H. The van der Waals surface area contributed by atoms with E-state index < -0.39 is 0 Å². The molecule has 2 nitrogen and oxygen atoms in total. The molecule has 13 heavy (non-hydrogen) atoms. The summed E-state index contributed by atoms with van der Waals surface area (Å²) >= 11 is 0. The van der Waals surface area contributed by atoms with Gasteiger partial charge in [-0.3, -0.25) is 0 Å². The molecule has 1 atom stereocenters. The summed E-state index contributed by atoms with van der Waals surface area (Å²) in [5.41, 5.74) is 6.59. The number of furan rings is 1. The monoisotopic (exact) mass is 289 g/mol. The lowest BCUT2D eigenvalue weighted by molar-refractivity contribution is 0.513. The van der Waals surface area contributed by atoms with Crippen molar-refractivity contribution in [3.05, 3.63) is 36.1 Å².